The molecule has 0 aliphatic carbocycles. The Morgan fingerprint density at radius 3 is 2.00 bits per heavy atom. The summed E-state index contributed by atoms with van der Waals surface area (Å²) < 4.78 is 36.1. The number of quaternary nitrogens is 1. The fourth-order valence-corrected chi connectivity index (χ4v) is 1.35. The van der Waals surface area contributed by atoms with Gasteiger partial charge in [-0.15, -0.1) is 0 Å². The Hall–Kier alpha value is -0.250. The van der Waals surface area contributed by atoms with Crippen molar-refractivity contribution in [2.75, 3.05) is 13.1 Å². The summed E-state index contributed by atoms with van der Waals surface area (Å²) in [6.07, 6.45) is -3.51. The smallest absolute Gasteiger partial charge is 0.392 e. The van der Waals surface area contributed by atoms with Gasteiger partial charge >= 0.3 is 6.18 Å². The monoisotopic (exact) mass is 167 g/mol. The molecular formula is C7H12F3N. The Morgan fingerprint density at radius 2 is 1.64 bits per heavy atom. The van der Waals surface area contributed by atoms with Crippen molar-refractivity contribution in [1.29, 1.82) is 0 Å². The number of hydrogen-bond acceptors (Lipinski definition) is 0. The second kappa shape index (κ2) is 3.01. The minimum Gasteiger partial charge on any atom is -0.468 e. The standard InChI is InChI=1S/C7H12F3N/c1-11-4-2-6(3-5-11)7(8,9)10/h6,11H,1-5H2. The number of nitrogens with one attached hydrogen (secondary N) is 1. The lowest BCUT2D eigenvalue weighted by atomic mass is 9.97. The summed E-state index contributed by atoms with van der Waals surface area (Å²) in [6, 6.07) is 0. The zero-order valence-electron chi connectivity index (χ0n) is 6.25. The maximum atomic E-state index is 12.0. The summed E-state index contributed by atoms with van der Waals surface area (Å²) in [5.41, 5.74) is 0. The fourth-order valence-electron chi connectivity index (χ4n) is 1.35. The summed E-state index contributed by atoms with van der Waals surface area (Å²) in [6.45, 7) is 1.09. The Kier molecular flexibility index (Phi) is 2.42. The number of hydrogen-bond donors (Lipinski definition) is 1. The van der Waals surface area contributed by atoms with Crippen molar-refractivity contribution < 1.29 is 18.1 Å². The Balaban J connectivity index is 2.39. The van der Waals surface area contributed by atoms with Crippen LogP contribution in [0, 0.1) is 13.0 Å². The third kappa shape index (κ3) is 2.36. The van der Waals surface area contributed by atoms with E-state index in [-0.39, 0.29) is 12.8 Å². The molecule has 0 spiro atoms. The molecule has 1 fully saturated rings. The molecule has 11 heavy (non-hydrogen) atoms. The van der Waals surface area contributed by atoms with Crippen LogP contribution in [0.5, 0.6) is 0 Å². The lowest BCUT2D eigenvalue weighted by Gasteiger charge is -2.31. The third-order valence-electron chi connectivity index (χ3n) is 2.16. The van der Waals surface area contributed by atoms with Gasteiger partial charge in [0, 0.05) is 12.8 Å². The highest BCUT2D eigenvalue weighted by molar-refractivity contribution is 4.69. The van der Waals surface area contributed by atoms with Crippen LogP contribution in [0.15, 0.2) is 0 Å². The van der Waals surface area contributed by atoms with Crippen molar-refractivity contribution >= 4 is 0 Å². The largest absolute Gasteiger partial charge is 0.468 e. The van der Waals surface area contributed by atoms with Crippen LogP contribution in [0.3, 0.4) is 0 Å². The molecule has 1 aliphatic rings. The van der Waals surface area contributed by atoms with E-state index in [1.165, 1.54) is 0 Å². The molecule has 1 aliphatic heterocycles. The molecule has 0 amide bonds. The molecule has 0 aromatic heterocycles. The van der Waals surface area contributed by atoms with Gasteiger partial charge < -0.3 is 4.90 Å². The van der Waals surface area contributed by atoms with E-state index in [4.69, 9.17) is 0 Å². The van der Waals surface area contributed by atoms with Gasteiger partial charge in [0.15, 0.2) is 0 Å². The summed E-state index contributed by atoms with van der Waals surface area (Å²) in [5, 5.41) is 0. The van der Waals surface area contributed by atoms with Gasteiger partial charge in [-0.1, -0.05) is 0 Å². The van der Waals surface area contributed by atoms with E-state index in [0.717, 1.165) is 4.90 Å². The predicted molar refractivity (Wildman–Crippen MR) is 34.8 cm³/mol. The molecule has 4 heteroatoms. The van der Waals surface area contributed by atoms with Crippen LogP contribution >= 0.6 is 0 Å². The first kappa shape index (κ1) is 8.84. The molecule has 1 heterocycles. The molecule has 0 aromatic carbocycles. The van der Waals surface area contributed by atoms with Crippen molar-refractivity contribution in [2.24, 2.45) is 5.92 Å². The highest BCUT2D eigenvalue weighted by atomic mass is 19.4. The highest BCUT2D eigenvalue weighted by Gasteiger charge is 2.41. The van der Waals surface area contributed by atoms with Gasteiger partial charge in [-0.2, -0.15) is 20.2 Å². The van der Waals surface area contributed by atoms with E-state index in [0.29, 0.717) is 13.1 Å². The van der Waals surface area contributed by atoms with Crippen LogP contribution in [0.2, 0.25) is 0 Å². The van der Waals surface area contributed by atoms with Gasteiger partial charge in [0.2, 0.25) is 0 Å². The lowest BCUT2D eigenvalue weighted by Crippen LogP contribution is -3.08. The van der Waals surface area contributed by atoms with Crippen molar-refractivity contribution in [3.63, 3.8) is 0 Å². The minimum absolute atomic E-state index is 0.238. The zero-order valence-corrected chi connectivity index (χ0v) is 6.25. The van der Waals surface area contributed by atoms with E-state index in [2.05, 4.69) is 7.05 Å². The molecular weight excluding hydrogens is 155 g/mol. The van der Waals surface area contributed by atoms with Crippen LogP contribution in [0.4, 0.5) is 13.2 Å². The molecule has 1 saturated heterocycles. The molecule has 0 atom stereocenters. The van der Waals surface area contributed by atoms with E-state index < -0.39 is 12.1 Å². The second-order valence-electron chi connectivity index (χ2n) is 3.07. The summed E-state index contributed by atoms with van der Waals surface area (Å²) in [4.78, 5) is 0.963. The third-order valence-corrected chi connectivity index (χ3v) is 2.16. The maximum Gasteiger partial charge on any atom is 0.392 e. The topological polar surface area (TPSA) is 4.44 Å². The molecule has 0 saturated carbocycles. The van der Waals surface area contributed by atoms with Crippen LogP contribution in [-0.2, 0) is 0 Å². The summed E-state index contributed by atoms with van der Waals surface area (Å²) in [5.74, 6) is -1.08. The van der Waals surface area contributed by atoms with Crippen molar-refractivity contribution in [2.45, 2.75) is 19.0 Å². The Morgan fingerprint density at radius 1 is 1.18 bits per heavy atom. The lowest BCUT2D eigenvalue weighted by molar-refractivity contribution is -0.861. The van der Waals surface area contributed by atoms with E-state index in [1.807, 2.05) is 0 Å². The van der Waals surface area contributed by atoms with Gasteiger partial charge in [-0.25, -0.2) is 0 Å². The predicted octanol–water partition coefficient (Wildman–Crippen LogP) is 0.635. The van der Waals surface area contributed by atoms with Crippen LogP contribution < -0.4 is 4.90 Å². The molecule has 0 bridgehead atoms. The quantitative estimate of drug-likeness (QED) is 0.505. The summed E-state index contributed by atoms with van der Waals surface area (Å²) >= 11 is 0. The molecule has 0 aromatic rings. The highest BCUT2D eigenvalue weighted by Crippen LogP contribution is 2.31. The molecule has 0 unspecified atom stereocenters. The molecule has 66 valence electrons. The molecule has 1 rings (SSSR count). The molecule has 1 nitrogen and oxygen atoms in total. The minimum atomic E-state index is -3.99. The van der Waals surface area contributed by atoms with Crippen LogP contribution in [0.1, 0.15) is 12.8 Å². The van der Waals surface area contributed by atoms with E-state index >= 15 is 0 Å². The Bertz CT molecular complexity index is 124. The van der Waals surface area contributed by atoms with Gasteiger partial charge in [0.25, 0.3) is 0 Å². The van der Waals surface area contributed by atoms with Gasteiger partial charge in [0.05, 0.1) is 19.0 Å². The van der Waals surface area contributed by atoms with E-state index in [9.17, 15) is 13.2 Å². The first-order valence-electron chi connectivity index (χ1n) is 3.73. The van der Waals surface area contributed by atoms with Crippen molar-refractivity contribution in [3.8, 4) is 0 Å². The van der Waals surface area contributed by atoms with Crippen LogP contribution in [-0.4, -0.2) is 19.3 Å². The average molecular weight is 167 g/mol. The second-order valence-corrected chi connectivity index (χ2v) is 3.07. The first-order chi connectivity index (χ1) is 5.00. The van der Waals surface area contributed by atoms with Gasteiger partial charge in [0.1, 0.15) is 0 Å². The van der Waals surface area contributed by atoms with E-state index in [1.54, 1.807) is 0 Å². The first-order valence-corrected chi connectivity index (χ1v) is 3.73. The SMILES string of the molecule is [CH2-][NH+]1CCC(C(F)(F)F)CC1. The molecule has 1 N–H and O–H groups in total. The summed E-state index contributed by atoms with van der Waals surface area (Å²) in [7, 11) is 3.66. The number of likely N-dealkylation sites (tertiary alicyclic amines) is 1. The van der Waals surface area contributed by atoms with Crippen molar-refractivity contribution in [3.05, 3.63) is 7.05 Å². The Labute approximate surface area is 64.2 Å². The van der Waals surface area contributed by atoms with Crippen molar-refractivity contribution in [1.82, 2.24) is 0 Å². The van der Waals surface area contributed by atoms with Gasteiger partial charge in [-0.05, 0) is 0 Å². The number of halogens is 3. The average Bonchev–Trinajstić information content (AvgIpc) is 1.86. The zero-order chi connectivity index (χ0) is 8.48. The van der Waals surface area contributed by atoms with Crippen LogP contribution in [0.25, 0.3) is 0 Å². The maximum absolute atomic E-state index is 12.0. The number of rotatable bonds is 0. The fraction of sp³-hybridized carbons (Fsp3) is 0.857. The number of alkyl halides is 3. The number of piperidine rings is 1. The van der Waals surface area contributed by atoms with Gasteiger partial charge in [-0.3, -0.25) is 0 Å². The molecule has 0 radical (unpaired) electrons. The normalized spacial score (nSPS) is 33.8.